The van der Waals surface area contributed by atoms with Gasteiger partial charge in [-0.2, -0.15) is 0 Å². The zero-order chi connectivity index (χ0) is 8.15. The molecule has 0 aromatic rings. The minimum absolute atomic E-state index is 0.0125. The van der Waals surface area contributed by atoms with Gasteiger partial charge in [-0.05, 0) is 13.8 Å². The maximum absolute atomic E-state index is 10.8. The molecule has 0 saturated heterocycles. The van der Waals surface area contributed by atoms with Crippen LogP contribution in [-0.4, -0.2) is 24.5 Å². The van der Waals surface area contributed by atoms with Gasteiger partial charge in [-0.15, -0.1) is 0 Å². The lowest BCUT2D eigenvalue weighted by Gasteiger charge is -2.12. The van der Waals surface area contributed by atoms with Crippen LogP contribution in [0.5, 0.6) is 0 Å². The van der Waals surface area contributed by atoms with E-state index in [0.717, 1.165) is 0 Å². The molecule has 0 aliphatic carbocycles. The van der Waals surface area contributed by atoms with Gasteiger partial charge in [0.25, 0.3) is 0 Å². The van der Waals surface area contributed by atoms with E-state index in [1.807, 2.05) is 6.92 Å². The first-order chi connectivity index (χ1) is 4.57. The molecule has 4 heteroatoms. The van der Waals surface area contributed by atoms with Crippen molar-refractivity contribution in [1.82, 2.24) is 5.32 Å². The monoisotopic (exact) mass is 145 g/mol. The Morgan fingerprint density at radius 2 is 2.10 bits per heavy atom. The maximum Gasteiger partial charge on any atom is 0.236 e. The fourth-order valence-electron chi connectivity index (χ4n) is 0.433. The predicted octanol–water partition coefficient (Wildman–Crippen LogP) is -1.20. The summed E-state index contributed by atoms with van der Waals surface area (Å²) in [7, 11) is 0. The SMILES string of the molecule is CC(N)C(=O)N[C@H](C)CN. The lowest BCUT2D eigenvalue weighted by atomic mass is 10.3. The van der Waals surface area contributed by atoms with E-state index < -0.39 is 6.04 Å². The van der Waals surface area contributed by atoms with Gasteiger partial charge < -0.3 is 16.8 Å². The normalized spacial score (nSPS) is 16.0. The van der Waals surface area contributed by atoms with Gasteiger partial charge in [-0.25, -0.2) is 0 Å². The van der Waals surface area contributed by atoms with Crippen LogP contribution < -0.4 is 16.8 Å². The second-order valence-electron chi connectivity index (χ2n) is 2.43. The van der Waals surface area contributed by atoms with Gasteiger partial charge >= 0.3 is 0 Å². The summed E-state index contributed by atoms with van der Waals surface area (Å²) in [5.41, 5.74) is 10.6. The molecular formula is C6H15N3O. The van der Waals surface area contributed by atoms with E-state index >= 15 is 0 Å². The number of carbonyl (C=O) groups is 1. The van der Waals surface area contributed by atoms with Crippen molar-refractivity contribution in [3.8, 4) is 0 Å². The molecule has 0 aromatic carbocycles. The van der Waals surface area contributed by atoms with Crippen molar-refractivity contribution in [1.29, 1.82) is 0 Å². The molecule has 1 amide bonds. The number of nitrogens with one attached hydrogen (secondary N) is 1. The fraction of sp³-hybridized carbons (Fsp3) is 0.833. The highest BCUT2D eigenvalue weighted by Crippen LogP contribution is 1.79. The van der Waals surface area contributed by atoms with E-state index in [2.05, 4.69) is 5.32 Å². The van der Waals surface area contributed by atoms with Crippen LogP contribution in [0.1, 0.15) is 13.8 Å². The zero-order valence-corrected chi connectivity index (χ0v) is 6.42. The van der Waals surface area contributed by atoms with Crippen molar-refractivity contribution in [2.75, 3.05) is 6.54 Å². The largest absolute Gasteiger partial charge is 0.351 e. The molecule has 0 spiro atoms. The van der Waals surface area contributed by atoms with Crippen LogP contribution in [0.4, 0.5) is 0 Å². The van der Waals surface area contributed by atoms with Crippen LogP contribution >= 0.6 is 0 Å². The molecule has 2 atom stereocenters. The summed E-state index contributed by atoms with van der Waals surface area (Å²) in [4.78, 5) is 10.8. The standard InChI is InChI=1S/C6H15N3O/c1-4(3-7)9-6(10)5(2)8/h4-5H,3,7-8H2,1-2H3,(H,9,10)/t4-,5?/m1/s1. The first-order valence-electron chi connectivity index (χ1n) is 3.34. The van der Waals surface area contributed by atoms with E-state index in [0.29, 0.717) is 6.54 Å². The summed E-state index contributed by atoms with van der Waals surface area (Å²) in [6.45, 7) is 3.91. The lowest BCUT2D eigenvalue weighted by molar-refractivity contribution is -0.122. The smallest absolute Gasteiger partial charge is 0.236 e. The number of rotatable bonds is 3. The van der Waals surface area contributed by atoms with Crippen molar-refractivity contribution >= 4 is 5.91 Å². The highest BCUT2D eigenvalue weighted by molar-refractivity contribution is 5.81. The Hall–Kier alpha value is -0.610. The van der Waals surface area contributed by atoms with Gasteiger partial charge in [0.15, 0.2) is 0 Å². The Kier molecular flexibility index (Phi) is 3.99. The predicted molar refractivity (Wildman–Crippen MR) is 40.3 cm³/mol. The number of hydrogen-bond acceptors (Lipinski definition) is 3. The van der Waals surface area contributed by atoms with Crippen molar-refractivity contribution in [2.45, 2.75) is 25.9 Å². The molecule has 10 heavy (non-hydrogen) atoms. The summed E-state index contributed by atoms with van der Waals surface area (Å²) in [5, 5.41) is 2.64. The van der Waals surface area contributed by atoms with E-state index in [-0.39, 0.29) is 11.9 Å². The highest BCUT2D eigenvalue weighted by Gasteiger charge is 2.08. The molecule has 5 N–H and O–H groups in total. The van der Waals surface area contributed by atoms with Crippen LogP contribution in [0.2, 0.25) is 0 Å². The molecule has 60 valence electrons. The maximum atomic E-state index is 10.8. The average Bonchev–Trinajstić information content (AvgIpc) is 1.87. The lowest BCUT2D eigenvalue weighted by Crippen LogP contribution is -2.45. The molecular weight excluding hydrogens is 130 g/mol. The van der Waals surface area contributed by atoms with Gasteiger partial charge in [-0.3, -0.25) is 4.79 Å². The first kappa shape index (κ1) is 9.39. The topological polar surface area (TPSA) is 81.1 Å². The van der Waals surface area contributed by atoms with Crippen molar-refractivity contribution < 1.29 is 4.79 Å². The minimum Gasteiger partial charge on any atom is -0.351 e. The zero-order valence-electron chi connectivity index (χ0n) is 6.42. The molecule has 0 aliphatic heterocycles. The van der Waals surface area contributed by atoms with Crippen LogP contribution in [0.3, 0.4) is 0 Å². The molecule has 0 bridgehead atoms. The molecule has 4 nitrogen and oxygen atoms in total. The van der Waals surface area contributed by atoms with E-state index in [4.69, 9.17) is 11.5 Å². The molecule has 1 unspecified atom stereocenters. The van der Waals surface area contributed by atoms with E-state index in [9.17, 15) is 4.79 Å². The van der Waals surface area contributed by atoms with Gasteiger partial charge in [0, 0.05) is 12.6 Å². The van der Waals surface area contributed by atoms with Crippen molar-refractivity contribution in [2.24, 2.45) is 11.5 Å². The molecule has 0 rings (SSSR count). The second-order valence-corrected chi connectivity index (χ2v) is 2.43. The number of carbonyl (C=O) groups excluding carboxylic acids is 1. The van der Waals surface area contributed by atoms with Gasteiger partial charge in [-0.1, -0.05) is 0 Å². The second kappa shape index (κ2) is 4.24. The van der Waals surface area contributed by atoms with Crippen LogP contribution in [0, 0.1) is 0 Å². The summed E-state index contributed by atoms with van der Waals surface area (Å²) in [6.07, 6.45) is 0. The first-order valence-corrected chi connectivity index (χ1v) is 3.34. The molecule has 0 heterocycles. The van der Waals surface area contributed by atoms with Crippen LogP contribution in [-0.2, 0) is 4.79 Å². The third kappa shape index (κ3) is 3.42. The van der Waals surface area contributed by atoms with Crippen LogP contribution in [0.15, 0.2) is 0 Å². The third-order valence-corrected chi connectivity index (χ3v) is 1.16. The molecule has 0 aromatic heterocycles. The van der Waals surface area contributed by atoms with Gasteiger partial charge in [0.2, 0.25) is 5.91 Å². The Morgan fingerprint density at radius 1 is 1.60 bits per heavy atom. The number of amides is 1. The van der Waals surface area contributed by atoms with Gasteiger partial charge in [0.1, 0.15) is 0 Å². The summed E-state index contributed by atoms with van der Waals surface area (Å²) in [5.74, 6) is -0.155. The molecule has 0 saturated carbocycles. The summed E-state index contributed by atoms with van der Waals surface area (Å²) >= 11 is 0. The molecule has 0 radical (unpaired) electrons. The Labute approximate surface area is 61.0 Å². The molecule has 0 fully saturated rings. The fourth-order valence-corrected chi connectivity index (χ4v) is 0.433. The van der Waals surface area contributed by atoms with Crippen molar-refractivity contribution in [3.63, 3.8) is 0 Å². The number of nitrogens with two attached hydrogens (primary N) is 2. The summed E-state index contributed by atoms with van der Waals surface area (Å²) in [6, 6.07) is -0.438. The van der Waals surface area contributed by atoms with E-state index in [1.165, 1.54) is 0 Å². The minimum atomic E-state index is -0.450. The third-order valence-electron chi connectivity index (χ3n) is 1.16. The van der Waals surface area contributed by atoms with E-state index in [1.54, 1.807) is 6.92 Å². The van der Waals surface area contributed by atoms with Gasteiger partial charge in [0.05, 0.1) is 6.04 Å². The highest BCUT2D eigenvalue weighted by atomic mass is 16.2. The average molecular weight is 145 g/mol. The Bertz CT molecular complexity index is 114. The Morgan fingerprint density at radius 3 is 2.40 bits per heavy atom. The Balaban J connectivity index is 3.57. The molecule has 0 aliphatic rings. The number of hydrogen-bond donors (Lipinski definition) is 3. The van der Waals surface area contributed by atoms with Crippen molar-refractivity contribution in [3.05, 3.63) is 0 Å². The quantitative estimate of drug-likeness (QED) is 0.466. The van der Waals surface area contributed by atoms with Crippen LogP contribution in [0.25, 0.3) is 0 Å². The summed E-state index contributed by atoms with van der Waals surface area (Å²) < 4.78 is 0.